The van der Waals surface area contributed by atoms with Crippen LogP contribution in [0.2, 0.25) is 0 Å². The molecule has 1 aromatic heterocycles. The van der Waals surface area contributed by atoms with Gasteiger partial charge < -0.3 is 10.1 Å². The Bertz CT molecular complexity index is 972. The van der Waals surface area contributed by atoms with Crippen molar-refractivity contribution < 1.29 is 14.3 Å². The number of rotatable bonds is 5. The molecule has 0 spiro atoms. The molecule has 28 heavy (non-hydrogen) atoms. The number of ether oxygens (including phenoxy) is 1. The Morgan fingerprint density at radius 2 is 1.79 bits per heavy atom. The summed E-state index contributed by atoms with van der Waals surface area (Å²) in [5.74, 6) is -0.592. The van der Waals surface area contributed by atoms with E-state index in [9.17, 15) is 9.59 Å². The SMILES string of the molecule is CC(C)(C)C(=O)Nc1cccc(C(=O)OCc2ccn(-c3ccccc3)n2)c1. The van der Waals surface area contributed by atoms with Crippen molar-refractivity contribution in [1.29, 1.82) is 0 Å². The summed E-state index contributed by atoms with van der Waals surface area (Å²) >= 11 is 0. The molecule has 1 amide bonds. The van der Waals surface area contributed by atoms with Crippen LogP contribution in [-0.2, 0) is 16.1 Å². The maximum Gasteiger partial charge on any atom is 0.338 e. The second-order valence-electron chi connectivity index (χ2n) is 7.45. The number of anilines is 1. The molecule has 0 aliphatic carbocycles. The minimum atomic E-state index is -0.520. The van der Waals surface area contributed by atoms with Crippen LogP contribution in [0.1, 0.15) is 36.8 Å². The summed E-state index contributed by atoms with van der Waals surface area (Å²) in [6.45, 7) is 5.55. The Morgan fingerprint density at radius 3 is 2.50 bits per heavy atom. The van der Waals surface area contributed by atoms with Gasteiger partial charge in [-0.25, -0.2) is 9.48 Å². The summed E-state index contributed by atoms with van der Waals surface area (Å²) in [5.41, 5.74) is 1.99. The van der Waals surface area contributed by atoms with E-state index in [1.165, 1.54) is 0 Å². The number of hydrogen-bond donors (Lipinski definition) is 1. The summed E-state index contributed by atoms with van der Waals surface area (Å²) in [6.07, 6.45) is 1.82. The molecule has 0 bridgehead atoms. The lowest BCUT2D eigenvalue weighted by atomic mass is 9.95. The second kappa shape index (κ2) is 8.08. The molecule has 0 saturated carbocycles. The standard InChI is InChI=1S/C22H23N3O3/c1-22(2,3)21(27)23-17-9-7-8-16(14-17)20(26)28-15-18-12-13-25(24-18)19-10-5-4-6-11-19/h4-14H,15H2,1-3H3,(H,23,27). The van der Waals surface area contributed by atoms with E-state index in [1.54, 1.807) is 35.0 Å². The molecule has 1 N–H and O–H groups in total. The van der Waals surface area contributed by atoms with Crippen LogP contribution in [0.15, 0.2) is 66.9 Å². The molecule has 6 heteroatoms. The smallest absolute Gasteiger partial charge is 0.338 e. The molecular weight excluding hydrogens is 354 g/mol. The first-order valence-electron chi connectivity index (χ1n) is 9.01. The van der Waals surface area contributed by atoms with Gasteiger partial charge in [0.25, 0.3) is 0 Å². The van der Waals surface area contributed by atoms with Crippen molar-refractivity contribution in [2.24, 2.45) is 5.41 Å². The van der Waals surface area contributed by atoms with E-state index in [0.29, 0.717) is 16.9 Å². The van der Waals surface area contributed by atoms with E-state index in [4.69, 9.17) is 4.74 Å². The van der Waals surface area contributed by atoms with Crippen LogP contribution in [-0.4, -0.2) is 21.7 Å². The quantitative estimate of drug-likeness (QED) is 0.676. The third-order valence-electron chi connectivity index (χ3n) is 4.05. The molecule has 0 saturated heterocycles. The van der Waals surface area contributed by atoms with Crippen molar-refractivity contribution in [2.75, 3.05) is 5.32 Å². The van der Waals surface area contributed by atoms with Crippen LogP contribution in [0.25, 0.3) is 5.69 Å². The zero-order valence-electron chi connectivity index (χ0n) is 16.2. The van der Waals surface area contributed by atoms with Gasteiger partial charge in [-0.3, -0.25) is 4.79 Å². The van der Waals surface area contributed by atoms with Gasteiger partial charge in [-0.15, -0.1) is 0 Å². The van der Waals surface area contributed by atoms with Crippen molar-refractivity contribution in [2.45, 2.75) is 27.4 Å². The first-order valence-corrected chi connectivity index (χ1v) is 9.01. The predicted octanol–water partition coefficient (Wildman–Crippen LogP) is 4.21. The van der Waals surface area contributed by atoms with E-state index < -0.39 is 11.4 Å². The average molecular weight is 377 g/mol. The Labute approximate surface area is 164 Å². The van der Waals surface area contributed by atoms with Crippen LogP contribution in [0.5, 0.6) is 0 Å². The largest absolute Gasteiger partial charge is 0.456 e. The van der Waals surface area contributed by atoms with Gasteiger partial charge in [-0.05, 0) is 36.4 Å². The molecule has 2 aromatic carbocycles. The Morgan fingerprint density at radius 1 is 1.04 bits per heavy atom. The number of para-hydroxylation sites is 1. The first kappa shape index (κ1) is 19.4. The van der Waals surface area contributed by atoms with Crippen molar-refractivity contribution in [3.63, 3.8) is 0 Å². The maximum absolute atomic E-state index is 12.4. The summed E-state index contributed by atoms with van der Waals surface area (Å²) in [4.78, 5) is 24.5. The number of carbonyl (C=O) groups excluding carboxylic acids is 2. The van der Waals surface area contributed by atoms with E-state index in [1.807, 2.05) is 57.3 Å². The molecular formula is C22H23N3O3. The highest BCUT2D eigenvalue weighted by atomic mass is 16.5. The number of nitrogens with zero attached hydrogens (tertiary/aromatic N) is 2. The lowest BCUT2D eigenvalue weighted by Crippen LogP contribution is -2.27. The van der Waals surface area contributed by atoms with Gasteiger partial charge in [-0.2, -0.15) is 5.10 Å². The van der Waals surface area contributed by atoms with Gasteiger partial charge in [0.15, 0.2) is 0 Å². The average Bonchev–Trinajstić information content (AvgIpc) is 3.15. The molecule has 0 aliphatic rings. The number of aromatic nitrogens is 2. The lowest BCUT2D eigenvalue weighted by Gasteiger charge is -2.17. The van der Waals surface area contributed by atoms with Crippen LogP contribution in [0, 0.1) is 5.41 Å². The summed E-state index contributed by atoms with van der Waals surface area (Å²) in [5, 5.41) is 7.22. The summed E-state index contributed by atoms with van der Waals surface area (Å²) in [6, 6.07) is 18.2. The zero-order chi connectivity index (χ0) is 20.1. The van der Waals surface area contributed by atoms with E-state index >= 15 is 0 Å². The molecule has 3 aromatic rings. The van der Waals surface area contributed by atoms with Crippen LogP contribution in [0.3, 0.4) is 0 Å². The summed E-state index contributed by atoms with van der Waals surface area (Å²) in [7, 11) is 0. The summed E-state index contributed by atoms with van der Waals surface area (Å²) < 4.78 is 7.09. The fourth-order valence-electron chi connectivity index (χ4n) is 2.43. The number of amides is 1. The lowest BCUT2D eigenvalue weighted by molar-refractivity contribution is -0.123. The zero-order valence-corrected chi connectivity index (χ0v) is 16.2. The topological polar surface area (TPSA) is 73.2 Å². The van der Waals surface area contributed by atoms with E-state index in [2.05, 4.69) is 10.4 Å². The van der Waals surface area contributed by atoms with Crippen LogP contribution >= 0.6 is 0 Å². The third-order valence-corrected chi connectivity index (χ3v) is 4.05. The predicted molar refractivity (Wildman–Crippen MR) is 107 cm³/mol. The van der Waals surface area contributed by atoms with E-state index in [-0.39, 0.29) is 12.5 Å². The molecule has 3 rings (SSSR count). The fourth-order valence-corrected chi connectivity index (χ4v) is 2.43. The highest BCUT2D eigenvalue weighted by molar-refractivity contribution is 5.96. The van der Waals surface area contributed by atoms with Crippen LogP contribution < -0.4 is 5.32 Å². The number of nitrogens with one attached hydrogen (secondary N) is 1. The minimum Gasteiger partial charge on any atom is -0.456 e. The van der Waals surface area contributed by atoms with Gasteiger partial charge in [-0.1, -0.05) is 45.0 Å². The normalized spacial score (nSPS) is 11.1. The highest BCUT2D eigenvalue weighted by Gasteiger charge is 2.21. The molecule has 0 fully saturated rings. The van der Waals surface area contributed by atoms with Gasteiger partial charge >= 0.3 is 5.97 Å². The third kappa shape index (κ3) is 4.85. The molecule has 144 valence electrons. The van der Waals surface area contributed by atoms with Crippen molar-refractivity contribution >= 4 is 17.6 Å². The van der Waals surface area contributed by atoms with Crippen molar-refractivity contribution in [3.8, 4) is 5.69 Å². The first-order chi connectivity index (χ1) is 13.3. The number of carbonyl (C=O) groups is 2. The van der Waals surface area contributed by atoms with Gasteiger partial charge in [0.2, 0.25) is 5.91 Å². The molecule has 0 atom stereocenters. The molecule has 0 radical (unpaired) electrons. The van der Waals surface area contributed by atoms with Gasteiger partial charge in [0.1, 0.15) is 12.3 Å². The van der Waals surface area contributed by atoms with Crippen LogP contribution in [0.4, 0.5) is 5.69 Å². The van der Waals surface area contributed by atoms with Crippen molar-refractivity contribution in [1.82, 2.24) is 9.78 Å². The molecule has 0 unspecified atom stereocenters. The monoisotopic (exact) mass is 377 g/mol. The number of esters is 1. The number of benzene rings is 2. The fraction of sp³-hybridized carbons (Fsp3) is 0.227. The number of hydrogen-bond acceptors (Lipinski definition) is 4. The Balaban J connectivity index is 1.62. The van der Waals surface area contributed by atoms with E-state index in [0.717, 1.165) is 5.69 Å². The minimum absolute atomic E-state index is 0.0667. The maximum atomic E-state index is 12.4. The highest BCUT2D eigenvalue weighted by Crippen LogP contribution is 2.19. The van der Waals surface area contributed by atoms with Crippen molar-refractivity contribution in [3.05, 3.63) is 78.1 Å². The Hall–Kier alpha value is -3.41. The Kier molecular flexibility index (Phi) is 5.59. The van der Waals surface area contributed by atoms with Gasteiger partial charge in [0, 0.05) is 17.3 Å². The second-order valence-corrected chi connectivity index (χ2v) is 7.45. The molecule has 1 heterocycles. The van der Waals surface area contributed by atoms with Gasteiger partial charge in [0.05, 0.1) is 11.3 Å². The molecule has 6 nitrogen and oxygen atoms in total. The molecule has 0 aliphatic heterocycles.